The van der Waals surface area contributed by atoms with Gasteiger partial charge in [-0.25, -0.2) is 0 Å². The van der Waals surface area contributed by atoms with Crippen molar-refractivity contribution in [1.29, 1.82) is 0 Å². The molecule has 0 spiro atoms. The second kappa shape index (κ2) is 49.3. The molecule has 0 bridgehead atoms. The summed E-state index contributed by atoms with van der Waals surface area (Å²) in [6.45, 7) is 6.30. The molecule has 0 aromatic carbocycles. The van der Waals surface area contributed by atoms with E-state index < -0.39 is 18.2 Å². The molecular formula is C56H99NO5. The van der Waals surface area contributed by atoms with Gasteiger partial charge in [0.05, 0.1) is 25.2 Å². The number of nitrogens with one attached hydrogen (secondary N) is 1. The second-order valence-corrected chi connectivity index (χ2v) is 17.6. The Kier molecular flexibility index (Phi) is 47.2. The summed E-state index contributed by atoms with van der Waals surface area (Å²) in [5.74, 6) is -0.547. The summed E-state index contributed by atoms with van der Waals surface area (Å²) in [7, 11) is 0. The number of allylic oxidation sites excluding steroid dienone is 12. The van der Waals surface area contributed by atoms with Crippen LogP contribution in [-0.2, 0) is 14.3 Å². The molecule has 0 aromatic rings. The fraction of sp³-hybridized carbons (Fsp3) is 0.750. The van der Waals surface area contributed by atoms with E-state index >= 15 is 0 Å². The molecule has 0 radical (unpaired) electrons. The monoisotopic (exact) mass is 866 g/mol. The van der Waals surface area contributed by atoms with E-state index in [2.05, 4.69) is 62.5 Å². The van der Waals surface area contributed by atoms with Gasteiger partial charge in [0.15, 0.2) is 0 Å². The Morgan fingerprint density at radius 3 is 1.50 bits per heavy atom. The van der Waals surface area contributed by atoms with Gasteiger partial charge in [0.2, 0.25) is 5.91 Å². The summed E-state index contributed by atoms with van der Waals surface area (Å²) in [6.07, 6.45) is 62.6. The number of hydrogen-bond donors (Lipinski definition) is 3. The lowest BCUT2D eigenvalue weighted by atomic mass is 10.0. The van der Waals surface area contributed by atoms with Crippen molar-refractivity contribution >= 4 is 11.9 Å². The molecular weight excluding hydrogens is 767 g/mol. The van der Waals surface area contributed by atoms with Gasteiger partial charge in [0, 0.05) is 6.42 Å². The molecule has 1 amide bonds. The third-order valence-electron chi connectivity index (χ3n) is 11.6. The lowest BCUT2D eigenvalue weighted by Gasteiger charge is -2.24. The number of rotatable bonds is 46. The van der Waals surface area contributed by atoms with Crippen LogP contribution in [0.4, 0.5) is 0 Å². The normalized spacial score (nSPS) is 13.8. The zero-order valence-electron chi connectivity index (χ0n) is 40.7. The van der Waals surface area contributed by atoms with E-state index in [1.54, 1.807) is 0 Å². The van der Waals surface area contributed by atoms with Gasteiger partial charge in [0.25, 0.3) is 0 Å². The average molecular weight is 866 g/mol. The fourth-order valence-electron chi connectivity index (χ4n) is 7.65. The summed E-state index contributed by atoms with van der Waals surface area (Å²) < 4.78 is 5.89. The first-order valence-corrected chi connectivity index (χ1v) is 26.2. The standard InChI is InChI=1S/C56H99NO5/c1-4-7-10-13-16-19-22-24-25-26-27-28-29-31-34-37-40-43-46-49-56(61)62-52(47-44-41-38-35-32-21-18-15-12-9-6-3)50-55(60)57-53(51-58)54(59)48-45-42-39-36-33-30-23-20-17-14-11-8-5-2/h9,12,15-16,18-19,21,24-25,32,35,38,52-54,58-59H,4-8,10-11,13-14,17,20,22-23,26-31,33-34,36-37,39-51H2,1-3H3,(H,57,60)/b12-9+,18-15+,19-16-,25-24-,32-21-,38-35-. The van der Waals surface area contributed by atoms with Gasteiger partial charge in [0.1, 0.15) is 6.10 Å². The molecule has 0 aliphatic heterocycles. The van der Waals surface area contributed by atoms with Gasteiger partial charge < -0.3 is 20.3 Å². The highest BCUT2D eigenvalue weighted by Gasteiger charge is 2.24. The summed E-state index contributed by atoms with van der Waals surface area (Å²) in [6, 6.07) is -0.725. The molecule has 0 aliphatic carbocycles. The molecule has 6 heteroatoms. The predicted octanol–water partition coefficient (Wildman–Crippen LogP) is 15.8. The first kappa shape index (κ1) is 59.3. The van der Waals surface area contributed by atoms with Crippen LogP contribution in [0.25, 0.3) is 0 Å². The zero-order valence-corrected chi connectivity index (χ0v) is 40.7. The first-order chi connectivity index (χ1) is 30.5. The number of aliphatic hydroxyl groups is 2. The van der Waals surface area contributed by atoms with Crippen molar-refractivity contribution in [2.24, 2.45) is 0 Å². The van der Waals surface area contributed by atoms with Crippen molar-refractivity contribution in [3.63, 3.8) is 0 Å². The number of unbranched alkanes of at least 4 members (excludes halogenated alkanes) is 25. The Bertz CT molecular complexity index is 1150. The molecule has 3 unspecified atom stereocenters. The van der Waals surface area contributed by atoms with Gasteiger partial charge in [-0.1, -0.05) is 235 Å². The van der Waals surface area contributed by atoms with E-state index in [4.69, 9.17) is 4.74 Å². The summed E-state index contributed by atoms with van der Waals surface area (Å²) in [4.78, 5) is 26.1. The van der Waals surface area contributed by atoms with Gasteiger partial charge in [-0.3, -0.25) is 9.59 Å². The molecule has 6 nitrogen and oxygen atoms in total. The molecule has 0 saturated heterocycles. The van der Waals surface area contributed by atoms with Crippen LogP contribution in [0.3, 0.4) is 0 Å². The molecule has 358 valence electrons. The van der Waals surface area contributed by atoms with Crippen LogP contribution in [0.2, 0.25) is 0 Å². The van der Waals surface area contributed by atoms with Crippen LogP contribution in [0.1, 0.15) is 245 Å². The zero-order chi connectivity index (χ0) is 45.2. The van der Waals surface area contributed by atoms with E-state index in [1.807, 2.05) is 36.5 Å². The maximum Gasteiger partial charge on any atom is 0.306 e. The molecule has 3 atom stereocenters. The smallest absolute Gasteiger partial charge is 0.306 e. The maximum absolute atomic E-state index is 13.2. The Balaban J connectivity index is 4.55. The minimum atomic E-state index is -0.807. The number of carbonyl (C=O) groups is 2. The highest BCUT2D eigenvalue weighted by Crippen LogP contribution is 2.17. The fourth-order valence-corrected chi connectivity index (χ4v) is 7.65. The van der Waals surface area contributed by atoms with Crippen molar-refractivity contribution in [3.8, 4) is 0 Å². The van der Waals surface area contributed by atoms with Gasteiger partial charge >= 0.3 is 5.97 Å². The highest BCUT2D eigenvalue weighted by molar-refractivity contribution is 5.77. The topological polar surface area (TPSA) is 95.9 Å². The third kappa shape index (κ3) is 43.9. The van der Waals surface area contributed by atoms with E-state index in [-0.39, 0.29) is 24.9 Å². The van der Waals surface area contributed by atoms with Gasteiger partial charge in [-0.05, 0) is 70.6 Å². The molecule has 0 heterocycles. The van der Waals surface area contributed by atoms with Gasteiger partial charge in [-0.15, -0.1) is 0 Å². The van der Waals surface area contributed by atoms with E-state index in [0.717, 1.165) is 64.2 Å². The first-order valence-electron chi connectivity index (χ1n) is 26.2. The molecule has 3 N–H and O–H groups in total. The Hall–Kier alpha value is -2.70. The minimum Gasteiger partial charge on any atom is -0.462 e. The van der Waals surface area contributed by atoms with Gasteiger partial charge in [-0.2, -0.15) is 0 Å². The van der Waals surface area contributed by atoms with Crippen LogP contribution >= 0.6 is 0 Å². The highest BCUT2D eigenvalue weighted by atomic mass is 16.5. The quantitative estimate of drug-likeness (QED) is 0.0245. The number of esters is 1. The molecule has 0 saturated carbocycles. The molecule has 0 fully saturated rings. The van der Waals surface area contributed by atoms with Crippen molar-refractivity contribution in [3.05, 3.63) is 72.9 Å². The molecule has 0 aromatic heterocycles. The lowest BCUT2D eigenvalue weighted by Crippen LogP contribution is -2.46. The number of amides is 1. The number of aliphatic hydroxyl groups excluding tert-OH is 2. The minimum absolute atomic E-state index is 0.0280. The van der Waals surface area contributed by atoms with Crippen LogP contribution in [0.15, 0.2) is 72.9 Å². The lowest BCUT2D eigenvalue weighted by molar-refractivity contribution is -0.151. The number of ether oxygens (including phenoxy) is 1. The van der Waals surface area contributed by atoms with Crippen molar-refractivity contribution in [2.45, 2.75) is 264 Å². The van der Waals surface area contributed by atoms with Crippen molar-refractivity contribution < 1.29 is 24.5 Å². The summed E-state index contributed by atoms with van der Waals surface area (Å²) in [5.41, 5.74) is 0. The number of hydrogen-bond acceptors (Lipinski definition) is 5. The SMILES string of the molecule is CC/C=C/C=C/C=C\C=C/CCCC(CC(=O)NC(CO)C(O)CCCCCCCCCCCCCCC)OC(=O)CCCCCCCCCCC/C=C\C/C=C\CCCCC. The van der Waals surface area contributed by atoms with E-state index in [9.17, 15) is 19.8 Å². The number of carbonyl (C=O) groups excluding carboxylic acids is 2. The van der Waals surface area contributed by atoms with Crippen LogP contribution in [0.5, 0.6) is 0 Å². The van der Waals surface area contributed by atoms with E-state index in [1.165, 1.54) is 135 Å². The average Bonchev–Trinajstić information content (AvgIpc) is 3.26. The Morgan fingerprint density at radius 2 is 0.952 bits per heavy atom. The predicted molar refractivity (Wildman–Crippen MR) is 268 cm³/mol. The summed E-state index contributed by atoms with van der Waals surface area (Å²) >= 11 is 0. The van der Waals surface area contributed by atoms with Crippen LogP contribution < -0.4 is 5.32 Å². The van der Waals surface area contributed by atoms with Crippen molar-refractivity contribution in [1.82, 2.24) is 5.32 Å². The Morgan fingerprint density at radius 1 is 0.500 bits per heavy atom. The molecule has 0 rings (SSSR count). The largest absolute Gasteiger partial charge is 0.462 e. The van der Waals surface area contributed by atoms with Crippen molar-refractivity contribution in [2.75, 3.05) is 6.61 Å². The van der Waals surface area contributed by atoms with Crippen LogP contribution in [-0.4, -0.2) is 46.9 Å². The molecule has 62 heavy (non-hydrogen) atoms. The summed E-state index contributed by atoms with van der Waals surface area (Å²) in [5, 5.41) is 23.7. The third-order valence-corrected chi connectivity index (χ3v) is 11.6. The maximum atomic E-state index is 13.2. The van der Waals surface area contributed by atoms with Crippen LogP contribution in [0, 0.1) is 0 Å². The molecule has 0 aliphatic rings. The van der Waals surface area contributed by atoms with E-state index in [0.29, 0.717) is 19.3 Å². The Labute approximate surface area is 383 Å². The second-order valence-electron chi connectivity index (χ2n) is 17.6.